The lowest BCUT2D eigenvalue weighted by atomic mass is 9.98. The number of allylic oxidation sites excluding steroid dienone is 6. The maximum Gasteiger partial charge on any atom is 0.416 e. The number of nitrogens with one attached hydrogen (secondary N) is 2. The van der Waals surface area contributed by atoms with Crippen LogP contribution in [0.4, 0.5) is 18.9 Å². The molecule has 1 aromatic carbocycles. The molecule has 0 spiro atoms. The molecule has 0 unspecified atom stereocenters. The number of aryl methyl sites for hydroxylation is 2. The van der Waals surface area contributed by atoms with Crippen LogP contribution >= 0.6 is 0 Å². The Morgan fingerprint density at radius 2 is 2.00 bits per heavy atom. The van der Waals surface area contributed by atoms with Gasteiger partial charge in [-0.25, -0.2) is 0 Å². The van der Waals surface area contributed by atoms with Crippen molar-refractivity contribution >= 4 is 5.69 Å². The standard InChI is InChI=1S/C27H38F3N3/c1-4-9-23(22-10-5-6-11-22)16-20(2)19-33-26-21(3)17-25(27(28,29)30)18-24(26)12-7-8-14-32-15-13-31/h4,9-10,16-18,32-33H,1,5-8,11-15,19,31H2,2-3H3/b20-16-,23-9+. The molecule has 0 saturated heterocycles. The summed E-state index contributed by atoms with van der Waals surface area (Å²) >= 11 is 0. The van der Waals surface area contributed by atoms with Crippen molar-refractivity contribution in [2.45, 2.75) is 58.5 Å². The molecule has 4 N–H and O–H groups in total. The first-order valence-corrected chi connectivity index (χ1v) is 11.8. The van der Waals surface area contributed by atoms with Gasteiger partial charge >= 0.3 is 6.18 Å². The maximum atomic E-state index is 13.4. The van der Waals surface area contributed by atoms with Crippen molar-refractivity contribution in [1.29, 1.82) is 0 Å². The largest absolute Gasteiger partial charge is 0.416 e. The van der Waals surface area contributed by atoms with Crippen LogP contribution in [-0.4, -0.2) is 26.2 Å². The van der Waals surface area contributed by atoms with Gasteiger partial charge in [-0.1, -0.05) is 36.5 Å². The third kappa shape index (κ3) is 8.86. The van der Waals surface area contributed by atoms with E-state index in [1.165, 1.54) is 24.1 Å². The van der Waals surface area contributed by atoms with Crippen molar-refractivity contribution in [3.63, 3.8) is 0 Å². The quantitative estimate of drug-likeness (QED) is 0.233. The Kier molecular flexibility index (Phi) is 10.9. The van der Waals surface area contributed by atoms with E-state index in [9.17, 15) is 13.2 Å². The van der Waals surface area contributed by atoms with Gasteiger partial charge in [-0.3, -0.25) is 0 Å². The SMILES string of the molecule is C=C/C=C(\C=C(\C)CNc1c(C)cc(C(F)(F)F)cc1CCCCNCCN)C1=CCCC1. The molecule has 33 heavy (non-hydrogen) atoms. The van der Waals surface area contributed by atoms with Crippen LogP contribution in [0.5, 0.6) is 0 Å². The number of hydrogen-bond acceptors (Lipinski definition) is 3. The second kappa shape index (κ2) is 13.4. The van der Waals surface area contributed by atoms with Crippen molar-refractivity contribution < 1.29 is 13.2 Å². The summed E-state index contributed by atoms with van der Waals surface area (Å²) in [6.45, 7) is 10.3. The van der Waals surface area contributed by atoms with Crippen molar-refractivity contribution in [3.05, 3.63) is 76.4 Å². The molecule has 1 aliphatic carbocycles. The van der Waals surface area contributed by atoms with Crippen LogP contribution in [0.15, 0.2) is 59.7 Å². The summed E-state index contributed by atoms with van der Waals surface area (Å²) in [4.78, 5) is 0. The smallest absolute Gasteiger partial charge is 0.381 e. The van der Waals surface area contributed by atoms with Gasteiger partial charge in [0.1, 0.15) is 0 Å². The Morgan fingerprint density at radius 3 is 2.64 bits per heavy atom. The minimum atomic E-state index is -4.35. The van der Waals surface area contributed by atoms with Crippen LogP contribution in [0, 0.1) is 6.92 Å². The first-order valence-electron chi connectivity index (χ1n) is 11.8. The summed E-state index contributed by atoms with van der Waals surface area (Å²) in [5, 5.41) is 6.65. The molecule has 3 nitrogen and oxygen atoms in total. The average Bonchev–Trinajstić information content (AvgIpc) is 3.29. The molecule has 0 aromatic heterocycles. The van der Waals surface area contributed by atoms with E-state index in [0.717, 1.165) is 55.6 Å². The second-order valence-corrected chi connectivity index (χ2v) is 8.64. The molecule has 0 fully saturated rings. The molecule has 182 valence electrons. The Hall–Kier alpha value is -2.31. The minimum absolute atomic E-state index is 0.568. The van der Waals surface area contributed by atoms with Crippen molar-refractivity contribution in [2.75, 3.05) is 31.5 Å². The fourth-order valence-electron chi connectivity index (χ4n) is 4.12. The topological polar surface area (TPSA) is 50.1 Å². The van der Waals surface area contributed by atoms with E-state index < -0.39 is 11.7 Å². The number of rotatable bonds is 13. The van der Waals surface area contributed by atoms with Gasteiger partial charge in [-0.2, -0.15) is 13.2 Å². The zero-order valence-electron chi connectivity index (χ0n) is 20.0. The van der Waals surface area contributed by atoms with E-state index in [0.29, 0.717) is 30.6 Å². The summed E-state index contributed by atoms with van der Waals surface area (Å²) < 4.78 is 40.2. The summed E-state index contributed by atoms with van der Waals surface area (Å²) in [5.74, 6) is 0. The Balaban J connectivity index is 2.15. The maximum absolute atomic E-state index is 13.4. The zero-order chi connectivity index (χ0) is 24.3. The number of unbranched alkanes of at least 4 members (excludes halogenated alkanes) is 1. The van der Waals surface area contributed by atoms with E-state index in [4.69, 9.17) is 5.73 Å². The van der Waals surface area contributed by atoms with Crippen LogP contribution in [0.1, 0.15) is 55.7 Å². The van der Waals surface area contributed by atoms with Crippen molar-refractivity contribution in [2.24, 2.45) is 5.73 Å². The van der Waals surface area contributed by atoms with E-state index >= 15 is 0 Å². The second-order valence-electron chi connectivity index (χ2n) is 8.64. The lowest BCUT2D eigenvalue weighted by Gasteiger charge is -2.19. The highest BCUT2D eigenvalue weighted by Gasteiger charge is 2.31. The van der Waals surface area contributed by atoms with Crippen LogP contribution < -0.4 is 16.4 Å². The van der Waals surface area contributed by atoms with Gasteiger partial charge in [-0.15, -0.1) is 0 Å². The number of alkyl halides is 3. The van der Waals surface area contributed by atoms with Gasteiger partial charge in [0.2, 0.25) is 0 Å². The van der Waals surface area contributed by atoms with Gasteiger partial charge in [0.15, 0.2) is 0 Å². The molecule has 0 bridgehead atoms. The van der Waals surface area contributed by atoms with E-state index in [1.54, 1.807) is 13.0 Å². The Morgan fingerprint density at radius 1 is 1.21 bits per heavy atom. The first-order chi connectivity index (χ1) is 15.8. The van der Waals surface area contributed by atoms with Gasteiger partial charge in [-0.05, 0) is 93.3 Å². The Bertz CT molecular complexity index is 879. The molecule has 0 amide bonds. The third-order valence-corrected chi connectivity index (χ3v) is 5.77. The monoisotopic (exact) mass is 461 g/mol. The van der Waals surface area contributed by atoms with Crippen LogP contribution in [0.2, 0.25) is 0 Å². The number of anilines is 1. The van der Waals surface area contributed by atoms with Crippen LogP contribution in [0.3, 0.4) is 0 Å². The van der Waals surface area contributed by atoms with E-state index in [2.05, 4.69) is 29.4 Å². The fraction of sp³-hybridized carbons (Fsp3) is 0.481. The van der Waals surface area contributed by atoms with Gasteiger partial charge in [0.25, 0.3) is 0 Å². The van der Waals surface area contributed by atoms with Gasteiger partial charge in [0, 0.05) is 25.3 Å². The highest BCUT2D eigenvalue weighted by Crippen LogP contribution is 2.35. The molecule has 1 aliphatic rings. The molecule has 6 heteroatoms. The molecule has 1 aromatic rings. The summed E-state index contributed by atoms with van der Waals surface area (Å²) in [6.07, 6.45) is 9.52. The van der Waals surface area contributed by atoms with E-state index in [-0.39, 0.29) is 0 Å². The number of benzene rings is 1. The fourth-order valence-corrected chi connectivity index (χ4v) is 4.12. The zero-order valence-corrected chi connectivity index (χ0v) is 20.0. The molecule has 0 radical (unpaired) electrons. The lowest BCUT2D eigenvalue weighted by Crippen LogP contribution is -2.23. The number of halogens is 3. The van der Waals surface area contributed by atoms with Crippen molar-refractivity contribution in [3.8, 4) is 0 Å². The van der Waals surface area contributed by atoms with Gasteiger partial charge < -0.3 is 16.4 Å². The Labute approximate surface area is 196 Å². The molecule has 0 saturated carbocycles. The summed E-state index contributed by atoms with van der Waals surface area (Å²) in [7, 11) is 0. The third-order valence-electron chi connectivity index (χ3n) is 5.77. The molecule has 0 heterocycles. The molecular weight excluding hydrogens is 423 g/mol. The summed E-state index contributed by atoms with van der Waals surface area (Å²) in [6, 6.07) is 2.54. The highest BCUT2D eigenvalue weighted by molar-refractivity contribution is 5.60. The van der Waals surface area contributed by atoms with E-state index in [1.807, 2.05) is 13.0 Å². The van der Waals surface area contributed by atoms with Crippen LogP contribution in [-0.2, 0) is 12.6 Å². The first kappa shape index (κ1) is 26.9. The predicted octanol–water partition coefficient (Wildman–Crippen LogP) is 6.47. The molecule has 2 rings (SSSR count). The highest BCUT2D eigenvalue weighted by atomic mass is 19.4. The number of nitrogens with two attached hydrogens (primary N) is 1. The molecule has 0 atom stereocenters. The van der Waals surface area contributed by atoms with Crippen molar-refractivity contribution in [1.82, 2.24) is 5.32 Å². The molecular formula is C27H38F3N3. The lowest BCUT2D eigenvalue weighted by molar-refractivity contribution is -0.137. The van der Waals surface area contributed by atoms with Crippen LogP contribution in [0.25, 0.3) is 0 Å². The summed E-state index contributed by atoms with van der Waals surface area (Å²) in [5.41, 5.74) is 10.7. The van der Waals surface area contributed by atoms with Gasteiger partial charge in [0.05, 0.1) is 5.56 Å². The number of hydrogen-bond donors (Lipinski definition) is 3. The molecule has 0 aliphatic heterocycles. The predicted molar refractivity (Wildman–Crippen MR) is 134 cm³/mol. The minimum Gasteiger partial charge on any atom is -0.381 e. The normalized spacial score (nSPS) is 15.0. The average molecular weight is 462 g/mol.